The lowest BCUT2D eigenvalue weighted by molar-refractivity contribution is -0.384. The van der Waals surface area contributed by atoms with Gasteiger partial charge in [0.25, 0.3) is 5.69 Å². The van der Waals surface area contributed by atoms with Crippen molar-refractivity contribution in [3.8, 4) is 11.4 Å². The summed E-state index contributed by atoms with van der Waals surface area (Å²) in [4.78, 5) is 31.0. The second-order valence-corrected chi connectivity index (χ2v) is 6.95. The molecule has 2 N–H and O–H groups in total. The number of hydrogen-bond acceptors (Lipinski definition) is 6. The maximum absolute atomic E-state index is 11.8. The van der Waals surface area contributed by atoms with Gasteiger partial charge in [-0.3, -0.25) is 14.9 Å². The van der Waals surface area contributed by atoms with E-state index < -0.39 is 10.3 Å². The van der Waals surface area contributed by atoms with Crippen molar-refractivity contribution in [1.29, 1.82) is 0 Å². The monoisotopic (exact) mass is 357 g/mol. The van der Waals surface area contributed by atoms with Crippen LogP contribution < -0.4 is 10.6 Å². The third-order valence-electron chi connectivity index (χ3n) is 3.59. The smallest absolute Gasteiger partial charge is 0.269 e. The van der Waals surface area contributed by atoms with Crippen molar-refractivity contribution in [2.45, 2.75) is 27.7 Å². The molecule has 0 saturated carbocycles. The average Bonchev–Trinajstić information content (AvgIpc) is 2.57. The summed E-state index contributed by atoms with van der Waals surface area (Å²) in [6, 6.07) is 7.91. The van der Waals surface area contributed by atoms with Crippen LogP contribution in [-0.4, -0.2) is 33.9 Å². The van der Waals surface area contributed by atoms with Crippen molar-refractivity contribution >= 4 is 17.4 Å². The molecule has 1 heterocycles. The summed E-state index contributed by atoms with van der Waals surface area (Å²) in [6.07, 6.45) is 0. The Kier molecular flexibility index (Phi) is 5.86. The SMILES string of the molecule is Cc1cc(NCCNC(=O)C(C)(C)C)nc(-c2ccc([N+](=O)[O-])cc2)n1. The highest BCUT2D eigenvalue weighted by atomic mass is 16.6. The molecule has 8 nitrogen and oxygen atoms in total. The van der Waals surface area contributed by atoms with Crippen LogP contribution in [0.2, 0.25) is 0 Å². The Morgan fingerprint density at radius 1 is 1.15 bits per heavy atom. The Morgan fingerprint density at radius 3 is 2.38 bits per heavy atom. The van der Waals surface area contributed by atoms with E-state index in [0.29, 0.717) is 30.3 Å². The zero-order valence-corrected chi connectivity index (χ0v) is 15.4. The lowest BCUT2D eigenvalue weighted by atomic mass is 9.96. The molecule has 0 atom stereocenters. The van der Waals surface area contributed by atoms with Gasteiger partial charge in [0.1, 0.15) is 5.82 Å². The molecular formula is C18H23N5O3. The number of nitrogens with one attached hydrogen (secondary N) is 2. The quantitative estimate of drug-likeness (QED) is 0.467. The van der Waals surface area contributed by atoms with Crippen molar-refractivity contribution in [3.63, 3.8) is 0 Å². The number of benzene rings is 1. The first-order chi connectivity index (χ1) is 12.2. The number of anilines is 1. The maximum Gasteiger partial charge on any atom is 0.269 e. The minimum atomic E-state index is -0.445. The molecule has 0 bridgehead atoms. The normalized spacial score (nSPS) is 11.1. The number of rotatable bonds is 6. The molecule has 1 aromatic heterocycles. The van der Waals surface area contributed by atoms with Gasteiger partial charge >= 0.3 is 0 Å². The predicted molar refractivity (Wildman–Crippen MR) is 99.8 cm³/mol. The van der Waals surface area contributed by atoms with E-state index in [1.807, 2.05) is 27.7 Å². The van der Waals surface area contributed by atoms with E-state index in [0.717, 1.165) is 5.69 Å². The first-order valence-corrected chi connectivity index (χ1v) is 8.29. The second-order valence-electron chi connectivity index (χ2n) is 6.95. The standard InChI is InChI=1S/C18H23N5O3/c1-12-11-15(19-9-10-20-17(24)18(2,3)4)22-16(21-12)13-5-7-14(8-6-13)23(25)26/h5-8,11H,9-10H2,1-4H3,(H,20,24)(H,19,21,22). The third-order valence-corrected chi connectivity index (χ3v) is 3.59. The summed E-state index contributed by atoms with van der Waals surface area (Å²) in [5.74, 6) is 1.11. The number of nitro groups is 1. The molecule has 0 aliphatic rings. The molecule has 0 radical (unpaired) electrons. The second kappa shape index (κ2) is 7.90. The first-order valence-electron chi connectivity index (χ1n) is 8.29. The number of non-ortho nitro benzene ring substituents is 1. The van der Waals surface area contributed by atoms with Gasteiger partial charge in [-0.15, -0.1) is 0 Å². The fraction of sp³-hybridized carbons (Fsp3) is 0.389. The van der Waals surface area contributed by atoms with E-state index in [2.05, 4.69) is 20.6 Å². The van der Waals surface area contributed by atoms with Gasteiger partial charge in [0.2, 0.25) is 5.91 Å². The van der Waals surface area contributed by atoms with E-state index in [1.165, 1.54) is 12.1 Å². The number of nitro benzene ring substituents is 1. The molecule has 1 aromatic carbocycles. The topological polar surface area (TPSA) is 110 Å². The molecule has 26 heavy (non-hydrogen) atoms. The first kappa shape index (κ1) is 19.3. The Morgan fingerprint density at radius 2 is 1.81 bits per heavy atom. The Hall–Kier alpha value is -3.03. The number of carbonyl (C=O) groups is 1. The molecule has 0 unspecified atom stereocenters. The fourth-order valence-corrected chi connectivity index (χ4v) is 2.15. The molecule has 2 rings (SSSR count). The summed E-state index contributed by atoms with van der Waals surface area (Å²) in [7, 11) is 0. The van der Waals surface area contributed by atoms with E-state index in [4.69, 9.17) is 0 Å². The van der Waals surface area contributed by atoms with Gasteiger partial charge < -0.3 is 10.6 Å². The molecule has 0 aliphatic heterocycles. The average molecular weight is 357 g/mol. The van der Waals surface area contributed by atoms with Crippen molar-refractivity contribution in [2.75, 3.05) is 18.4 Å². The molecule has 138 valence electrons. The van der Waals surface area contributed by atoms with Crippen LogP contribution in [0.25, 0.3) is 11.4 Å². The highest BCUT2D eigenvalue weighted by Gasteiger charge is 2.20. The van der Waals surface area contributed by atoms with Crippen LogP contribution in [0.5, 0.6) is 0 Å². The molecule has 1 amide bonds. The lowest BCUT2D eigenvalue weighted by Gasteiger charge is -2.17. The number of amides is 1. The van der Waals surface area contributed by atoms with Crippen LogP contribution in [0.3, 0.4) is 0 Å². The molecule has 0 aliphatic carbocycles. The molecule has 0 spiro atoms. The number of aromatic nitrogens is 2. The predicted octanol–water partition coefficient (Wildman–Crippen LogP) is 2.93. The molecule has 0 saturated heterocycles. The summed E-state index contributed by atoms with van der Waals surface area (Å²) in [5, 5.41) is 16.8. The van der Waals surface area contributed by atoms with Gasteiger partial charge in [0.15, 0.2) is 5.82 Å². The van der Waals surface area contributed by atoms with E-state index >= 15 is 0 Å². The van der Waals surface area contributed by atoms with Crippen LogP contribution in [0.4, 0.5) is 11.5 Å². The largest absolute Gasteiger partial charge is 0.368 e. The number of hydrogen-bond donors (Lipinski definition) is 2. The maximum atomic E-state index is 11.8. The Labute approximate surface area is 152 Å². The van der Waals surface area contributed by atoms with Gasteiger partial charge in [0.05, 0.1) is 4.92 Å². The van der Waals surface area contributed by atoms with E-state index in [1.54, 1.807) is 18.2 Å². The van der Waals surface area contributed by atoms with Crippen molar-refractivity contribution in [3.05, 3.63) is 46.1 Å². The Bertz CT molecular complexity index is 797. The third kappa shape index (κ3) is 5.23. The van der Waals surface area contributed by atoms with Crippen molar-refractivity contribution < 1.29 is 9.72 Å². The minimum absolute atomic E-state index is 0.00950. The minimum Gasteiger partial charge on any atom is -0.368 e. The van der Waals surface area contributed by atoms with Crippen molar-refractivity contribution in [2.24, 2.45) is 5.41 Å². The molecule has 2 aromatic rings. The summed E-state index contributed by atoms with van der Waals surface area (Å²) >= 11 is 0. The number of aryl methyl sites for hydroxylation is 1. The Balaban J connectivity index is 2.03. The molecule has 8 heteroatoms. The van der Waals surface area contributed by atoms with E-state index in [-0.39, 0.29) is 11.6 Å². The number of nitrogens with zero attached hydrogens (tertiary/aromatic N) is 3. The zero-order chi connectivity index (χ0) is 19.3. The van der Waals surface area contributed by atoms with Crippen LogP contribution in [0.15, 0.2) is 30.3 Å². The van der Waals surface area contributed by atoms with Crippen molar-refractivity contribution in [1.82, 2.24) is 15.3 Å². The highest BCUT2D eigenvalue weighted by Crippen LogP contribution is 2.21. The van der Waals surface area contributed by atoms with Gasteiger partial charge in [-0.2, -0.15) is 0 Å². The molecule has 0 fully saturated rings. The molecular weight excluding hydrogens is 334 g/mol. The lowest BCUT2D eigenvalue weighted by Crippen LogP contribution is -2.37. The summed E-state index contributed by atoms with van der Waals surface area (Å²) in [6.45, 7) is 8.44. The van der Waals surface area contributed by atoms with Crippen LogP contribution in [0, 0.1) is 22.5 Å². The van der Waals surface area contributed by atoms with Gasteiger partial charge in [0, 0.05) is 48.0 Å². The van der Waals surface area contributed by atoms with Gasteiger partial charge in [-0.25, -0.2) is 9.97 Å². The van der Waals surface area contributed by atoms with Gasteiger partial charge in [-0.1, -0.05) is 20.8 Å². The summed E-state index contributed by atoms with van der Waals surface area (Å²) < 4.78 is 0. The van der Waals surface area contributed by atoms with E-state index in [9.17, 15) is 14.9 Å². The van der Waals surface area contributed by atoms with Crippen LogP contribution in [0.1, 0.15) is 26.5 Å². The summed E-state index contributed by atoms with van der Waals surface area (Å²) in [5.41, 5.74) is 1.07. The van der Waals surface area contributed by atoms with Crippen LogP contribution >= 0.6 is 0 Å². The fourth-order valence-electron chi connectivity index (χ4n) is 2.15. The van der Waals surface area contributed by atoms with Gasteiger partial charge in [-0.05, 0) is 19.1 Å². The van der Waals surface area contributed by atoms with Crippen LogP contribution in [-0.2, 0) is 4.79 Å². The highest BCUT2D eigenvalue weighted by molar-refractivity contribution is 5.81. The zero-order valence-electron chi connectivity index (χ0n) is 15.4. The number of carbonyl (C=O) groups excluding carboxylic acids is 1.